The number of ether oxygens (including phenoxy) is 4. The molecule has 8 heteroatoms. The van der Waals surface area contributed by atoms with Crippen LogP contribution in [-0.4, -0.2) is 51.8 Å². The van der Waals surface area contributed by atoms with Gasteiger partial charge in [-0.05, 0) is 12.1 Å². The Hall–Kier alpha value is -2.32. The Labute approximate surface area is 127 Å². The van der Waals surface area contributed by atoms with Gasteiger partial charge in [-0.2, -0.15) is 10.2 Å². The van der Waals surface area contributed by atoms with Crippen LogP contribution in [0.3, 0.4) is 0 Å². The SMILES string of the molecule is COC1COC(=O)c2ccccc2C(=O)OCC(OC)N=N1. The van der Waals surface area contributed by atoms with Crippen LogP contribution in [0.4, 0.5) is 0 Å². The number of rotatable bonds is 2. The van der Waals surface area contributed by atoms with E-state index >= 15 is 0 Å². The van der Waals surface area contributed by atoms with Crippen molar-refractivity contribution in [3.05, 3.63) is 35.4 Å². The lowest BCUT2D eigenvalue weighted by atomic mass is 10.1. The minimum atomic E-state index is -0.760. The molecule has 0 amide bonds. The van der Waals surface area contributed by atoms with E-state index in [4.69, 9.17) is 18.9 Å². The highest BCUT2D eigenvalue weighted by molar-refractivity contribution is 6.03. The molecular weight excluding hydrogens is 292 g/mol. The van der Waals surface area contributed by atoms with Gasteiger partial charge in [0, 0.05) is 14.2 Å². The van der Waals surface area contributed by atoms with Crippen molar-refractivity contribution in [2.24, 2.45) is 10.2 Å². The molecule has 1 aliphatic heterocycles. The van der Waals surface area contributed by atoms with Crippen molar-refractivity contribution in [3.63, 3.8) is 0 Å². The number of hydrogen-bond acceptors (Lipinski definition) is 8. The van der Waals surface area contributed by atoms with Crippen molar-refractivity contribution in [1.29, 1.82) is 0 Å². The summed E-state index contributed by atoms with van der Waals surface area (Å²) in [6.45, 7) is -0.253. The lowest BCUT2D eigenvalue weighted by Gasteiger charge is -2.16. The minimum absolute atomic E-state index is 0.119. The maximum Gasteiger partial charge on any atom is 0.339 e. The van der Waals surface area contributed by atoms with Gasteiger partial charge >= 0.3 is 11.9 Å². The Morgan fingerprint density at radius 3 is 1.68 bits per heavy atom. The Kier molecular flexibility index (Phi) is 5.56. The zero-order valence-corrected chi connectivity index (χ0v) is 12.2. The number of esters is 2. The predicted molar refractivity (Wildman–Crippen MR) is 73.5 cm³/mol. The van der Waals surface area contributed by atoms with Crippen molar-refractivity contribution in [2.45, 2.75) is 12.5 Å². The number of hydrogen-bond donors (Lipinski definition) is 0. The molecule has 1 aliphatic rings. The maximum absolute atomic E-state index is 12.1. The van der Waals surface area contributed by atoms with Crippen molar-refractivity contribution in [1.82, 2.24) is 0 Å². The first kappa shape index (κ1) is 16.1. The number of carbonyl (C=O) groups excluding carboxylic acids is 2. The molecule has 8 nitrogen and oxygen atoms in total. The zero-order valence-electron chi connectivity index (χ0n) is 12.2. The summed E-state index contributed by atoms with van der Waals surface area (Å²) in [6, 6.07) is 6.24. The summed E-state index contributed by atoms with van der Waals surface area (Å²) in [4.78, 5) is 24.1. The predicted octanol–water partition coefficient (Wildman–Crippen LogP) is 1.41. The third-order valence-corrected chi connectivity index (χ3v) is 2.95. The first-order valence-corrected chi connectivity index (χ1v) is 6.54. The van der Waals surface area contributed by atoms with Crippen LogP contribution in [0.5, 0.6) is 0 Å². The topological polar surface area (TPSA) is 95.8 Å². The van der Waals surface area contributed by atoms with E-state index in [1.54, 1.807) is 12.1 Å². The van der Waals surface area contributed by atoms with Gasteiger partial charge in [-0.15, -0.1) is 0 Å². The van der Waals surface area contributed by atoms with Gasteiger partial charge in [-0.25, -0.2) is 9.59 Å². The van der Waals surface area contributed by atoms with Crippen LogP contribution >= 0.6 is 0 Å². The van der Waals surface area contributed by atoms with E-state index < -0.39 is 24.4 Å². The second-order valence-corrected chi connectivity index (χ2v) is 4.35. The normalized spacial score (nSPS) is 22.8. The molecule has 0 radical (unpaired) electrons. The lowest BCUT2D eigenvalue weighted by Crippen LogP contribution is -2.25. The molecule has 118 valence electrons. The van der Waals surface area contributed by atoms with Crippen LogP contribution in [0.25, 0.3) is 0 Å². The monoisotopic (exact) mass is 308 g/mol. The van der Waals surface area contributed by atoms with Crippen molar-refractivity contribution in [2.75, 3.05) is 27.4 Å². The number of nitrogens with zero attached hydrogens (tertiary/aromatic N) is 2. The molecule has 0 aliphatic carbocycles. The van der Waals surface area contributed by atoms with E-state index in [0.717, 1.165) is 0 Å². The molecule has 0 saturated heterocycles. The van der Waals surface area contributed by atoms with Crippen LogP contribution in [-0.2, 0) is 18.9 Å². The molecule has 1 heterocycles. The number of azo groups is 1. The molecule has 1 aromatic rings. The van der Waals surface area contributed by atoms with Crippen LogP contribution in [0.2, 0.25) is 0 Å². The van der Waals surface area contributed by atoms with Gasteiger partial charge in [-0.1, -0.05) is 12.1 Å². The highest BCUT2D eigenvalue weighted by Crippen LogP contribution is 2.14. The average molecular weight is 308 g/mol. The van der Waals surface area contributed by atoms with E-state index in [-0.39, 0.29) is 24.3 Å². The number of benzene rings is 1. The van der Waals surface area contributed by atoms with Gasteiger partial charge in [-0.3, -0.25) is 0 Å². The second kappa shape index (κ2) is 7.62. The molecule has 0 saturated carbocycles. The van der Waals surface area contributed by atoms with Crippen LogP contribution in [0.1, 0.15) is 20.7 Å². The smallest absolute Gasteiger partial charge is 0.339 e. The quantitative estimate of drug-likeness (QED) is 0.766. The molecule has 2 unspecified atom stereocenters. The summed E-state index contributed by atoms with van der Waals surface area (Å²) < 4.78 is 20.3. The summed E-state index contributed by atoms with van der Waals surface area (Å²) in [5.41, 5.74) is 0.239. The second-order valence-electron chi connectivity index (χ2n) is 4.35. The first-order valence-electron chi connectivity index (χ1n) is 6.54. The number of fused-ring (bicyclic) bond motifs is 1. The molecule has 2 atom stereocenters. The Morgan fingerprint density at radius 1 is 0.909 bits per heavy atom. The van der Waals surface area contributed by atoms with E-state index in [0.29, 0.717) is 0 Å². The highest BCUT2D eigenvalue weighted by atomic mass is 16.6. The third-order valence-electron chi connectivity index (χ3n) is 2.95. The van der Waals surface area contributed by atoms with Crippen LogP contribution < -0.4 is 0 Å². The molecule has 0 N–H and O–H groups in total. The van der Waals surface area contributed by atoms with E-state index in [2.05, 4.69) is 10.2 Å². The van der Waals surface area contributed by atoms with Gasteiger partial charge in [0.1, 0.15) is 13.2 Å². The van der Waals surface area contributed by atoms with E-state index in [1.807, 2.05) is 0 Å². The molecule has 2 rings (SSSR count). The van der Waals surface area contributed by atoms with Crippen molar-refractivity contribution >= 4 is 11.9 Å². The lowest BCUT2D eigenvalue weighted by molar-refractivity contribution is -0.00495. The molecular formula is C14H16N2O6. The van der Waals surface area contributed by atoms with Crippen molar-refractivity contribution < 1.29 is 28.5 Å². The number of carbonyl (C=O) groups is 2. The largest absolute Gasteiger partial charge is 0.457 e. The fraction of sp³-hybridized carbons (Fsp3) is 0.429. The van der Waals surface area contributed by atoms with Gasteiger partial charge in [0.15, 0.2) is 0 Å². The number of cyclic esters (lactones) is 2. The van der Waals surface area contributed by atoms with Gasteiger partial charge in [0.05, 0.1) is 11.1 Å². The molecule has 0 spiro atoms. The van der Waals surface area contributed by atoms with Crippen LogP contribution in [0, 0.1) is 0 Å². The van der Waals surface area contributed by atoms with Crippen molar-refractivity contribution in [3.8, 4) is 0 Å². The summed E-state index contributed by atoms with van der Waals surface area (Å²) >= 11 is 0. The third kappa shape index (κ3) is 3.86. The molecule has 1 aromatic carbocycles. The summed E-state index contributed by atoms with van der Waals surface area (Å²) in [7, 11) is 2.83. The minimum Gasteiger partial charge on any atom is -0.457 e. The molecule has 22 heavy (non-hydrogen) atoms. The molecule has 0 bridgehead atoms. The van der Waals surface area contributed by atoms with Gasteiger partial charge in [0.25, 0.3) is 0 Å². The summed E-state index contributed by atoms with van der Waals surface area (Å²) in [5, 5.41) is 7.71. The van der Waals surface area contributed by atoms with Crippen LogP contribution in [0.15, 0.2) is 34.5 Å². The Morgan fingerprint density at radius 2 is 1.32 bits per heavy atom. The number of methoxy groups -OCH3 is 2. The maximum atomic E-state index is 12.1. The zero-order chi connectivity index (χ0) is 15.9. The molecule has 0 aromatic heterocycles. The fourth-order valence-corrected chi connectivity index (χ4v) is 1.73. The Balaban J connectivity index is 2.30. The van der Waals surface area contributed by atoms with E-state index in [9.17, 15) is 9.59 Å². The highest BCUT2D eigenvalue weighted by Gasteiger charge is 2.22. The van der Waals surface area contributed by atoms with Gasteiger partial charge < -0.3 is 18.9 Å². The van der Waals surface area contributed by atoms with E-state index in [1.165, 1.54) is 26.4 Å². The standard InChI is InChI=1S/C14H16N2O6/c1-19-11-7-21-13(17)9-5-3-4-6-10(9)14(18)22-8-12(20-2)16-15-11/h3-6,11-12H,7-8H2,1-2H3. The average Bonchev–Trinajstić information content (AvgIpc) is 2.56. The summed E-state index contributed by atoms with van der Waals surface area (Å²) in [5.74, 6) is -1.32. The molecule has 0 fully saturated rings. The van der Waals surface area contributed by atoms with Gasteiger partial charge in [0.2, 0.25) is 12.5 Å². The first-order chi connectivity index (χ1) is 10.7. The summed E-state index contributed by atoms with van der Waals surface area (Å²) in [6.07, 6.45) is -1.52. The Bertz CT molecular complexity index is 525. The fourth-order valence-electron chi connectivity index (χ4n) is 1.73.